The first-order chi connectivity index (χ1) is 11.6. The molecule has 2 rings (SSSR count). The summed E-state index contributed by atoms with van der Waals surface area (Å²) in [7, 11) is 0. The minimum atomic E-state index is -1.07. The second kappa shape index (κ2) is 6.83. The summed E-state index contributed by atoms with van der Waals surface area (Å²) in [5.74, 6) is -0.930. The molecular weight excluding hydrogens is 386 g/mol. The number of non-ortho nitro benzene ring substituents is 1. The van der Waals surface area contributed by atoms with Gasteiger partial charge in [0.2, 0.25) is 0 Å². The van der Waals surface area contributed by atoms with Crippen LogP contribution in [0.2, 0.25) is 10.0 Å². The second-order valence-corrected chi connectivity index (χ2v) is 5.26. The predicted octanol–water partition coefficient (Wildman–Crippen LogP) is 4.60. The summed E-state index contributed by atoms with van der Waals surface area (Å²) in [5.41, 5.74) is -3.90. The smallest absolute Gasteiger partial charge is 0.306 e. The van der Waals surface area contributed by atoms with Crippen molar-refractivity contribution in [1.82, 2.24) is 0 Å². The lowest BCUT2D eigenvalue weighted by molar-refractivity contribution is -0.401. The van der Waals surface area contributed by atoms with Crippen LogP contribution in [0.1, 0.15) is 0 Å². The molecule has 0 aliphatic carbocycles. The zero-order valence-electron chi connectivity index (χ0n) is 11.7. The topological polar surface area (TPSA) is 141 Å². The third-order valence-electron chi connectivity index (χ3n) is 2.98. The Hall–Kier alpha value is -3.05. The average Bonchev–Trinajstić information content (AvgIpc) is 2.54. The maximum Gasteiger partial charge on any atom is 0.306 e. The van der Waals surface area contributed by atoms with Crippen molar-refractivity contribution in [3.05, 3.63) is 70.5 Å². The maximum absolute atomic E-state index is 13.6. The molecule has 0 saturated heterocycles. The first-order valence-corrected chi connectivity index (χ1v) is 6.90. The Bertz CT molecular complexity index is 888. The quantitative estimate of drug-likeness (QED) is 0.446. The lowest BCUT2D eigenvalue weighted by atomic mass is 10.2. The van der Waals surface area contributed by atoms with E-state index in [0.29, 0.717) is 12.1 Å². The molecule has 0 aliphatic heterocycles. The molecule has 0 saturated carbocycles. The van der Waals surface area contributed by atoms with Crippen LogP contribution < -0.4 is 5.32 Å². The van der Waals surface area contributed by atoms with Crippen LogP contribution in [-0.4, -0.2) is 14.8 Å². The van der Waals surface area contributed by atoms with Gasteiger partial charge in [0.1, 0.15) is 10.8 Å². The summed E-state index contributed by atoms with van der Waals surface area (Å²) in [4.78, 5) is 30.0. The van der Waals surface area contributed by atoms with Crippen molar-refractivity contribution in [2.45, 2.75) is 0 Å². The zero-order chi connectivity index (χ0) is 18.9. The van der Waals surface area contributed by atoms with E-state index in [1.165, 1.54) is 0 Å². The fourth-order valence-corrected chi connectivity index (χ4v) is 2.35. The van der Waals surface area contributed by atoms with E-state index in [9.17, 15) is 34.7 Å². The van der Waals surface area contributed by atoms with Crippen LogP contribution >= 0.6 is 23.2 Å². The number of benzene rings is 2. The van der Waals surface area contributed by atoms with E-state index < -0.39 is 48.4 Å². The third-order valence-corrected chi connectivity index (χ3v) is 3.66. The van der Waals surface area contributed by atoms with Gasteiger partial charge in [0, 0.05) is 0 Å². The molecule has 2 aromatic carbocycles. The summed E-state index contributed by atoms with van der Waals surface area (Å²) in [5, 5.41) is 34.7. The largest absolute Gasteiger partial charge is 0.342 e. The average molecular weight is 391 g/mol. The van der Waals surface area contributed by atoms with Gasteiger partial charge in [0.15, 0.2) is 5.69 Å². The molecule has 0 radical (unpaired) electrons. The first-order valence-electron chi connectivity index (χ1n) is 6.15. The molecule has 10 nitrogen and oxygen atoms in total. The fraction of sp³-hybridized carbons (Fsp3) is 0. The summed E-state index contributed by atoms with van der Waals surface area (Å²) < 4.78 is 13.6. The zero-order valence-corrected chi connectivity index (χ0v) is 13.2. The van der Waals surface area contributed by atoms with E-state index in [1.807, 2.05) is 0 Å². The maximum atomic E-state index is 13.6. The van der Waals surface area contributed by atoms with Crippen molar-refractivity contribution in [2.75, 3.05) is 5.32 Å². The molecule has 0 unspecified atom stereocenters. The number of halogens is 3. The van der Waals surface area contributed by atoms with E-state index in [0.717, 1.165) is 12.1 Å². The summed E-state index contributed by atoms with van der Waals surface area (Å²) in [6, 6.07) is 3.05. The Kier molecular flexibility index (Phi) is 4.99. The minimum absolute atomic E-state index is 0.173. The number of hydrogen-bond donors (Lipinski definition) is 1. The van der Waals surface area contributed by atoms with Gasteiger partial charge < -0.3 is 5.32 Å². The van der Waals surface area contributed by atoms with Crippen LogP contribution in [-0.2, 0) is 0 Å². The number of nitro groups is 3. The van der Waals surface area contributed by atoms with Crippen molar-refractivity contribution in [2.24, 2.45) is 0 Å². The number of hydrogen-bond acceptors (Lipinski definition) is 7. The molecule has 130 valence electrons. The lowest BCUT2D eigenvalue weighted by Crippen LogP contribution is -2.04. The fourth-order valence-electron chi connectivity index (χ4n) is 1.89. The van der Waals surface area contributed by atoms with Gasteiger partial charge in [-0.2, -0.15) is 0 Å². The van der Waals surface area contributed by atoms with E-state index in [1.54, 1.807) is 0 Å². The molecule has 1 N–H and O–H groups in total. The van der Waals surface area contributed by atoms with Crippen LogP contribution in [0.5, 0.6) is 0 Å². The van der Waals surface area contributed by atoms with Gasteiger partial charge in [-0.15, -0.1) is 0 Å². The van der Waals surface area contributed by atoms with Gasteiger partial charge in [-0.1, -0.05) is 23.2 Å². The number of nitro benzene ring substituents is 3. The Morgan fingerprint density at radius 1 is 0.880 bits per heavy atom. The first kappa shape index (κ1) is 18.3. The van der Waals surface area contributed by atoms with Crippen molar-refractivity contribution < 1.29 is 19.2 Å². The molecule has 2 aromatic rings. The molecule has 0 aliphatic rings. The molecule has 0 atom stereocenters. The Balaban J connectivity index is 2.76. The summed E-state index contributed by atoms with van der Waals surface area (Å²) in [6.07, 6.45) is 0. The van der Waals surface area contributed by atoms with Crippen molar-refractivity contribution in [3.8, 4) is 0 Å². The molecule has 0 heterocycles. The highest BCUT2D eigenvalue weighted by Gasteiger charge is 2.31. The highest BCUT2D eigenvalue weighted by atomic mass is 35.5. The Labute approximate surface area is 147 Å². The van der Waals surface area contributed by atoms with E-state index in [2.05, 4.69) is 5.32 Å². The van der Waals surface area contributed by atoms with Crippen LogP contribution in [0.4, 0.5) is 32.8 Å². The van der Waals surface area contributed by atoms with Crippen LogP contribution in [0.3, 0.4) is 0 Å². The molecule has 0 aromatic heterocycles. The van der Waals surface area contributed by atoms with Gasteiger partial charge in [-0.25, -0.2) is 4.39 Å². The molecule has 0 amide bonds. The standard InChI is InChI=1S/C12H5Cl2FN4O6/c13-6-1-2-7(15)10(14)11(6)16-12-8(18(22)23)3-5(17(20)21)4-9(12)19(24)25/h1-4,16H. The molecular formula is C12H5Cl2FN4O6. The number of nitrogens with one attached hydrogen (secondary N) is 1. The molecule has 0 bridgehead atoms. The van der Waals surface area contributed by atoms with E-state index >= 15 is 0 Å². The molecule has 25 heavy (non-hydrogen) atoms. The van der Waals surface area contributed by atoms with E-state index in [4.69, 9.17) is 23.2 Å². The number of anilines is 2. The highest BCUT2D eigenvalue weighted by Crippen LogP contribution is 2.43. The van der Waals surface area contributed by atoms with Gasteiger partial charge >= 0.3 is 11.4 Å². The summed E-state index contributed by atoms with van der Waals surface area (Å²) >= 11 is 11.6. The normalized spacial score (nSPS) is 10.4. The van der Waals surface area contributed by atoms with Crippen molar-refractivity contribution >= 4 is 51.6 Å². The summed E-state index contributed by atoms with van der Waals surface area (Å²) in [6.45, 7) is 0. The monoisotopic (exact) mass is 390 g/mol. The second-order valence-electron chi connectivity index (χ2n) is 4.47. The van der Waals surface area contributed by atoms with Gasteiger partial charge in [-0.3, -0.25) is 30.3 Å². The van der Waals surface area contributed by atoms with E-state index in [-0.39, 0.29) is 10.7 Å². The van der Waals surface area contributed by atoms with Crippen molar-refractivity contribution in [1.29, 1.82) is 0 Å². The Morgan fingerprint density at radius 3 is 1.84 bits per heavy atom. The van der Waals surface area contributed by atoms with Gasteiger partial charge in [0.25, 0.3) is 5.69 Å². The van der Waals surface area contributed by atoms with Gasteiger partial charge in [0.05, 0.1) is 37.6 Å². The third kappa shape index (κ3) is 3.56. The van der Waals surface area contributed by atoms with Gasteiger partial charge in [-0.05, 0) is 12.1 Å². The molecule has 0 spiro atoms. The molecule has 0 fully saturated rings. The number of nitrogens with zero attached hydrogens (tertiary/aromatic N) is 3. The van der Waals surface area contributed by atoms with Crippen LogP contribution in [0.15, 0.2) is 24.3 Å². The molecule has 13 heteroatoms. The number of rotatable bonds is 5. The van der Waals surface area contributed by atoms with Crippen LogP contribution in [0, 0.1) is 36.2 Å². The SMILES string of the molecule is O=[N+]([O-])c1cc([N+](=O)[O-])c(Nc2c(Cl)ccc(F)c2Cl)c([N+](=O)[O-])c1. The lowest BCUT2D eigenvalue weighted by Gasteiger charge is -2.11. The van der Waals surface area contributed by atoms with Crippen LogP contribution in [0.25, 0.3) is 0 Å². The Morgan fingerprint density at radius 2 is 1.40 bits per heavy atom. The highest BCUT2D eigenvalue weighted by molar-refractivity contribution is 6.39. The minimum Gasteiger partial charge on any atom is -0.342 e. The predicted molar refractivity (Wildman–Crippen MR) is 86.1 cm³/mol. The van der Waals surface area contributed by atoms with Crippen molar-refractivity contribution in [3.63, 3.8) is 0 Å².